The quantitative estimate of drug-likeness (QED) is 0.320. The molecule has 0 amide bonds. The van der Waals surface area contributed by atoms with Crippen LogP contribution >= 0.6 is 11.8 Å². The predicted molar refractivity (Wildman–Crippen MR) is 124 cm³/mol. The summed E-state index contributed by atoms with van der Waals surface area (Å²) in [4.78, 5) is 20.7. The van der Waals surface area contributed by atoms with Crippen molar-refractivity contribution in [3.05, 3.63) is 65.2 Å². The largest absolute Gasteiger partial charge is 0.465 e. The summed E-state index contributed by atoms with van der Waals surface area (Å²) in [5.74, 6) is 0.0134. The van der Waals surface area contributed by atoms with Crippen LogP contribution in [0.2, 0.25) is 0 Å². The minimum absolute atomic E-state index is 0.0375. The highest BCUT2D eigenvalue weighted by Crippen LogP contribution is 2.32. The minimum atomic E-state index is -0.406. The lowest BCUT2D eigenvalue weighted by Crippen LogP contribution is -2.10. The molecule has 0 spiro atoms. The SMILES string of the molecule is COC(=O)c1ccc(Nc2nc(SC)nc(-c3ccc(C(C)(C)C)cc3)c2C#N)cc1. The lowest BCUT2D eigenvalue weighted by Gasteiger charge is -2.19. The molecule has 0 fully saturated rings. The number of thioether (sulfide) groups is 1. The van der Waals surface area contributed by atoms with Crippen LogP contribution in [0.25, 0.3) is 11.3 Å². The number of rotatable bonds is 5. The summed E-state index contributed by atoms with van der Waals surface area (Å²) >= 11 is 1.41. The second kappa shape index (κ2) is 9.19. The van der Waals surface area contributed by atoms with E-state index >= 15 is 0 Å². The fourth-order valence-corrected chi connectivity index (χ4v) is 3.37. The molecule has 1 aromatic heterocycles. The topological polar surface area (TPSA) is 87.9 Å². The van der Waals surface area contributed by atoms with E-state index in [1.165, 1.54) is 24.4 Å². The van der Waals surface area contributed by atoms with Crippen LogP contribution in [0.15, 0.2) is 53.7 Å². The number of nitrogens with zero attached hydrogens (tertiary/aromatic N) is 3. The lowest BCUT2D eigenvalue weighted by atomic mass is 9.86. The first kappa shape index (κ1) is 22.3. The lowest BCUT2D eigenvalue weighted by molar-refractivity contribution is 0.0601. The van der Waals surface area contributed by atoms with Crippen LogP contribution in [0, 0.1) is 11.3 Å². The van der Waals surface area contributed by atoms with Gasteiger partial charge in [0, 0.05) is 11.3 Å². The number of carbonyl (C=O) groups excluding carboxylic acids is 1. The molecule has 1 N–H and O–H groups in total. The molecule has 0 atom stereocenters. The molecule has 0 saturated carbocycles. The summed E-state index contributed by atoms with van der Waals surface area (Å²) in [6.45, 7) is 6.48. The molecule has 3 aromatic rings. The standard InChI is InChI=1S/C24H24N4O2S/c1-24(2,3)17-10-6-15(7-11-17)20-19(14-25)21(28-23(27-20)31-5)26-18-12-8-16(9-13-18)22(29)30-4/h6-13H,1-5H3,(H,26,27,28). The molecule has 7 heteroatoms. The summed E-state index contributed by atoms with van der Waals surface area (Å²) < 4.78 is 4.73. The molecule has 31 heavy (non-hydrogen) atoms. The molecule has 1 heterocycles. The molecule has 0 aliphatic rings. The van der Waals surface area contributed by atoms with E-state index in [2.05, 4.69) is 54.3 Å². The van der Waals surface area contributed by atoms with Crippen molar-refractivity contribution in [2.24, 2.45) is 0 Å². The van der Waals surface area contributed by atoms with E-state index < -0.39 is 5.97 Å². The predicted octanol–water partition coefficient (Wildman–Crippen LogP) is 5.56. The molecular weight excluding hydrogens is 408 g/mol. The van der Waals surface area contributed by atoms with E-state index in [-0.39, 0.29) is 5.41 Å². The van der Waals surface area contributed by atoms with E-state index in [9.17, 15) is 10.1 Å². The van der Waals surface area contributed by atoms with E-state index in [4.69, 9.17) is 4.74 Å². The third kappa shape index (κ3) is 5.04. The van der Waals surface area contributed by atoms with Gasteiger partial charge >= 0.3 is 5.97 Å². The van der Waals surface area contributed by atoms with Gasteiger partial charge < -0.3 is 10.1 Å². The highest BCUT2D eigenvalue weighted by atomic mass is 32.2. The molecule has 0 aliphatic heterocycles. The molecule has 0 saturated heterocycles. The van der Waals surface area contributed by atoms with Crippen molar-refractivity contribution in [3.63, 3.8) is 0 Å². The number of methoxy groups -OCH3 is 1. The molecule has 3 rings (SSSR count). The van der Waals surface area contributed by atoms with Gasteiger partial charge in [0.05, 0.1) is 18.4 Å². The van der Waals surface area contributed by atoms with Gasteiger partial charge in [-0.3, -0.25) is 0 Å². The first-order valence-electron chi connectivity index (χ1n) is 9.69. The van der Waals surface area contributed by atoms with Crippen LogP contribution in [0.4, 0.5) is 11.5 Å². The van der Waals surface area contributed by atoms with Gasteiger partial charge in [0.25, 0.3) is 0 Å². The Morgan fingerprint density at radius 3 is 2.23 bits per heavy atom. The van der Waals surface area contributed by atoms with E-state index in [0.717, 1.165) is 5.56 Å². The molecule has 158 valence electrons. The summed E-state index contributed by atoms with van der Waals surface area (Å²) in [5.41, 5.74) is 4.18. The first-order chi connectivity index (χ1) is 14.8. The van der Waals surface area contributed by atoms with E-state index in [1.54, 1.807) is 24.3 Å². The van der Waals surface area contributed by atoms with Crippen molar-refractivity contribution < 1.29 is 9.53 Å². The van der Waals surface area contributed by atoms with Crippen LogP contribution in [0.5, 0.6) is 0 Å². The van der Waals surface area contributed by atoms with Gasteiger partial charge in [-0.2, -0.15) is 5.26 Å². The zero-order valence-corrected chi connectivity index (χ0v) is 19.0. The maximum absolute atomic E-state index is 11.6. The molecule has 2 aromatic carbocycles. The molecular formula is C24H24N4O2S. The van der Waals surface area contributed by atoms with Crippen molar-refractivity contribution in [1.82, 2.24) is 9.97 Å². The van der Waals surface area contributed by atoms with Crippen molar-refractivity contribution in [2.45, 2.75) is 31.3 Å². The fraction of sp³-hybridized carbons (Fsp3) is 0.250. The molecule has 0 radical (unpaired) electrons. The summed E-state index contributed by atoms with van der Waals surface area (Å²) in [7, 11) is 1.34. The molecule has 6 nitrogen and oxygen atoms in total. The Balaban J connectivity index is 2.02. The summed E-state index contributed by atoms with van der Waals surface area (Å²) in [6.07, 6.45) is 1.89. The van der Waals surface area contributed by atoms with Gasteiger partial charge in [0.1, 0.15) is 11.6 Å². The van der Waals surface area contributed by atoms with Crippen molar-refractivity contribution in [1.29, 1.82) is 5.26 Å². The number of nitriles is 1. The third-order valence-corrected chi connectivity index (χ3v) is 5.32. The minimum Gasteiger partial charge on any atom is -0.465 e. The smallest absolute Gasteiger partial charge is 0.337 e. The fourth-order valence-electron chi connectivity index (χ4n) is 3.01. The Morgan fingerprint density at radius 1 is 1.06 bits per heavy atom. The average molecular weight is 433 g/mol. The highest BCUT2D eigenvalue weighted by molar-refractivity contribution is 7.98. The third-order valence-electron chi connectivity index (χ3n) is 4.78. The monoisotopic (exact) mass is 432 g/mol. The number of carbonyl (C=O) groups is 1. The molecule has 0 aliphatic carbocycles. The zero-order chi connectivity index (χ0) is 22.6. The van der Waals surface area contributed by atoms with Gasteiger partial charge in [0.2, 0.25) is 0 Å². The average Bonchev–Trinajstić information content (AvgIpc) is 2.78. The zero-order valence-electron chi connectivity index (χ0n) is 18.2. The van der Waals surface area contributed by atoms with Crippen molar-refractivity contribution in [3.8, 4) is 17.3 Å². The van der Waals surface area contributed by atoms with Gasteiger partial charge in [0.15, 0.2) is 11.0 Å². The van der Waals surface area contributed by atoms with Gasteiger partial charge in [-0.1, -0.05) is 56.8 Å². The van der Waals surface area contributed by atoms with Crippen LogP contribution in [-0.2, 0) is 10.2 Å². The first-order valence-corrected chi connectivity index (χ1v) is 10.9. The van der Waals surface area contributed by atoms with E-state index in [0.29, 0.717) is 33.5 Å². The van der Waals surface area contributed by atoms with Crippen molar-refractivity contribution in [2.75, 3.05) is 18.7 Å². The molecule has 0 unspecified atom stereocenters. The number of hydrogen-bond donors (Lipinski definition) is 1. The maximum Gasteiger partial charge on any atom is 0.337 e. The Morgan fingerprint density at radius 2 is 1.71 bits per heavy atom. The van der Waals surface area contributed by atoms with Crippen LogP contribution < -0.4 is 5.32 Å². The number of anilines is 2. The van der Waals surface area contributed by atoms with Gasteiger partial charge in [-0.15, -0.1) is 0 Å². The number of hydrogen-bond acceptors (Lipinski definition) is 7. The van der Waals surface area contributed by atoms with Crippen LogP contribution in [0.3, 0.4) is 0 Å². The number of ether oxygens (including phenoxy) is 1. The maximum atomic E-state index is 11.6. The Kier molecular flexibility index (Phi) is 6.62. The van der Waals surface area contributed by atoms with Crippen molar-refractivity contribution >= 4 is 29.2 Å². The van der Waals surface area contributed by atoms with Gasteiger partial charge in [-0.25, -0.2) is 14.8 Å². The summed E-state index contributed by atoms with van der Waals surface area (Å²) in [5, 5.41) is 13.6. The highest BCUT2D eigenvalue weighted by Gasteiger charge is 2.18. The Bertz CT molecular complexity index is 1130. The summed E-state index contributed by atoms with van der Waals surface area (Å²) in [6, 6.07) is 17.2. The van der Waals surface area contributed by atoms with Crippen LogP contribution in [-0.4, -0.2) is 29.3 Å². The number of benzene rings is 2. The second-order valence-corrected chi connectivity index (χ2v) is 8.69. The van der Waals surface area contributed by atoms with Gasteiger partial charge in [-0.05, 0) is 41.5 Å². The Hall–Kier alpha value is -3.37. The number of nitrogens with one attached hydrogen (secondary N) is 1. The normalized spacial score (nSPS) is 11.0. The van der Waals surface area contributed by atoms with Crippen LogP contribution in [0.1, 0.15) is 42.3 Å². The number of aromatic nitrogens is 2. The Labute approximate surface area is 186 Å². The molecule has 0 bridgehead atoms. The number of esters is 1. The van der Waals surface area contributed by atoms with E-state index in [1.807, 2.05) is 18.4 Å². The second-order valence-electron chi connectivity index (χ2n) is 7.92.